The summed E-state index contributed by atoms with van der Waals surface area (Å²) in [6.07, 6.45) is 2.17. The van der Waals surface area contributed by atoms with E-state index in [9.17, 15) is 13.2 Å². The van der Waals surface area contributed by atoms with Crippen molar-refractivity contribution in [2.45, 2.75) is 39.7 Å². The van der Waals surface area contributed by atoms with Gasteiger partial charge in [0.2, 0.25) is 21.7 Å². The van der Waals surface area contributed by atoms with Gasteiger partial charge in [0.25, 0.3) is 0 Å². The Morgan fingerprint density at radius 2 is 1.85 bits per heavy atom. The Morgan fingerprint density at radius 1 is 1.15 bits per heavy atom. The molecule has 10 heteroatoms. The molecule has 2 unspecified atom stereocenters. The van der Waals surface area contributed by atoms with Crippen LogP contribution in [0.15, 0.2) is 28.8 Å². The van der Waals surface area contributed by atoms with Crippen LogP contribution < -0.4 is 4.74 Å². The molecule has 5 rings (SSSR count). The SMILES string of the molecule is COc1ccc(-c2noc(CN3CCN(S(=O)(=O)CC45CCC(CC4=O)C5(C)C)CC3)n2)cc1. The van der Waals surface area contributed by atoms with E-state index in [1.165, 1.54) is 0 Å². The van der Waals surface area contributed by atoms with Crippen LogP contribution in [-0.2, 0) is 21.4 Å². The van der Waals surface area contributed by atoms with Crippen molar-refractivity contribution in [1.82, 2.24) is 19.3 Å². The number of sulfonamides is 1. The van der Waals surface area contributed by atoms with E-state index in [4.69, 9.17) is 9.26 Å². The van der Waals surface area contributed by atoms with E-state index in [0.717, 1.165) is 17.7 Å². The molecule has 1 aromatic carbocycles. The molecule has 34 heavy (non-hydrogen) atoms. The Hall–Kier alpha value is -2.30. The van der Waals surface area contributed by atoms with Gasteiger partial charge in [-0.25, -0.2) is 8.42 Å². The number of ketones is 1. The largest absolute Gasteiger partial charge is 0.497 e. The average molecular weight is 489 g/mol. The summed E-state index contributed by atoms with van der Waals surface area (Å²) in [4.78, 5) is 19.4. The lowest BCUT2D eigenvalue weighted by Crippen LogP contribution is -2.52. The maximum absolute atomic E-state index is 13.3. The monoisotopic (exact) mass is 488 g/mol. The molecule has 1 aromatic heterocycles. The smallest absolute Gasteiger partial charge is 0.241 e. The molecule has 2 aliphatic carbocycles. The van der Waals surface area contributed by atoms with Gasteiger partial charge in [-0.15, -0.1) is 0 Å². The Bertz CT molecular complexity index is 1170. The zero-order valence-corrected chi connectivity index (χ0v) is 20.8. The Morgan fingerprint density at radius 3 is 2.44 bits per heavy atom. The number of hydrogen-bond donors (Lipinski definition) is 0. The van der Waals surface area contributed by atoms with Gasteiger partial charge in [0.1, 0.15) is 11.5 Å². The number of Topliss-reactive ketones (excluding diaryl/α,β-unsaturated/α-hetero) is 1. The molecule has 0 radical (unpaired) electrons. The van der Waals surface area contributed by atoms with Crippen LogP contribution in [0.2, 0.25) is 0 Å². The highest BCUT2D eigenvalue weighted by atomic mass is 32.2. The summed E-state index contributed by atoms with van der Waals surface area (Å²) in [5.74, 6) is 2.16. The molecule has 2 bridgehead atoms. The summed E-state index contributed by atoms with van der Waals surface area (Å²) in [5, 5.41) is 4.07. The predicted molar refractivity (Wildman–Crippen MR) is 125 cm³/mol. The highest BCUT2D eigenvalue weighted by Gasteiger charge is 2.65. The second-order valence-electron chi connectivity index (χ2n) is 10.3. The molecule has 0 spiro atoms. The Kier molecular flexibility index (Phi) is 5.81. The Balaban J connectivity index is 1.19. The number of nitrogens with zero attached hydrogens (tertiary/aromatic N) is 4. The van der Waals surface area contributed by atoms with Crippen LogP contribution in [0.3, 0.4) is 0 Å². The zero-order valence-electron chi connectivity index (χ0n) is 20.0. The quantitative estimate of drug-likeness (QED) is 0.586. The number of rotatable bonds is 7. The molecule has 3 aliphatic rings. The van der Waals surface area contributed by atoms with E-state index < -0.39 is 15.4 Å². The fraction of sp³-hybridized carbons (Fsp3) is 0.625. The van der Waals surface area contributed by atoms with Gasteiger partial charge in [0.15, 0.2) is 0 Å². The lowest BCUT2D eigenvalue weighted by molar-refractivity contribution is -0.128. The van der Waals surface area contributed by atoms with Crippen LogP contribution in [0.1, 0.15) is 39.0 Å². The van der Waals surface area contributed by atoms with Crippen LogP contribution in [0.25, 0.3) is 11.4 Å². The van der Waals surface area contributed by atoms with Crippen molar-refractivity contribution in [3.8, 4) is 17.1 Å². The molecule has 2 heterocycles. The van der Waals surface area contributed by atoms with E-state index in [2.05, 4.69) is 28.9 Å². The molecular formula is C24H32N4O5S. The van der Waals surface area contributed by atoms with Crippen molar-refractivity contribution in [3.63, 3.8) is 0 Å². The molecule has 1 aliphatic heterocycles. The number of carbonyl (C=O) groups is 1. The van der Waals surface area contributed by atoms with E-state index >= 15 is 0 Å². The zero-order chi connectivity index (χ0) is 24.1. The summed E-state index contributed by atoms with van der Waals surface area (Å²) in [5.41, 5.74) is -0.141. The lowest BCUT2D eigenvalue weighted by Gasteiger charge is -2.39. The number of piperazine rings is 1. The molecule has 0 amide bonds. The van der Waals surface area contributed by atoms with Crippen LogP contribution in [0, 0.1) is 16.7 Å². The molecular weight excluding hydrogens is 456 g/mol. The number of ether oxygens (including phenoxy) is 1. The summed E-state index contributed by atoms with van der Waals surface area (Å²) in [6, 6.07) is 7.44. The maximum Gasteiger partial charge on any atom is 0.241 e. The summed E-state index contributed by atoms with van der Waals surface area (Å²) in [6.45, 7) is 6.57. The average Bonchev–Trinajstić information content (AvgIpc) is 3.42. The molecule has 0 N–H and O–H groups in total. The van der Waals surface area contributed by atoms with Gasteiger partial charge in [-0.2, -0.15) is 9.29 Å². The van der Waals surface area contributed by atoms with Crippen molar-refractivity contribution >= 4 is 15.8 Å². The van der Waals surface area contributed by atoms with Gasteiger partial charge in [0.05, 0.1) is 19.4 Å². The van der Waals surface area contributed by atoms with Gasteiger partial charge < -0.3 is 9.26 Å². The van der Waals surface area contributed by atoms with E-state index in [-0.39, 0.29) is 17.0 Å². The lowest BCUT2D eigenvalue weighted by atomic mass is 9.70. The predicted octanol–water partition coefficient (Wildman–Crippen LogP) is 2.59. The normalized spacial score (nSPS) is 27.4. The van der Waals surface area contributed by atoms with E-state index in [1.807, 2.05) is 24.3 Å². The van der Waals surface area contributed by atoms with E-state index in [0.29, 0.717) is 63.2 Å². The first-order valence-corrected chi connectivity index (χ1v) is 13.5. The molecule has 1 saturated heterocycles. The standard InChI is InChI=1S/C24H32N4O5S/c1-23(2)18-8-9-24(23,20(29)14-18)16-34(30,31)28-12-10-27(11-13-28)15-21-25-22(26-33-21)17-4-6-19(32-3)7-5-17/h4-7,18H,8-16H2,1-3H3. The second-order valence-corrected chi connectivity index (χ2v) is 12.3. The third-order valence-corrected chi connectivity index (χ3v) is 10.5. The van der Waals surface area contributed by atoms with Gasteiger partial charge in [-0.1, -0.05) is 19.0 Å². The van der Waals surface area contributed by atoms with Crippen LogP contribution in [-0.4, -0.2) is 72.6 Å². The minimum absolute atomic E-state index is 0.0583. The van der Waals surface area contributed by atoms with Crippen molar-refractivity contribution in [2.75, 3.05) is 39.0 Å². The summed E-state index contributed by atoms with van der Waals surface area (Å²) in [7, 11) is -1.91. The minimum atomic E-state index is -3.52. The molecule has 2 aromatic rings. The van der Waals surface area contributed by atoms with Gasteiger partial charge in [0, 0.05) is 43.6 Å². The summed E-state index contributed by atoms with van der Waals surface area (Å²) < 4.78 is 38.8. The number of carbonyl (C=O) groups excluding carboxylic acids is 1. The molecule has 184 valence electrons. The second kappa shape index (κ2) is 8.42. The van der Waals surface area contributed by atoms with Crippen molar-refractivity contribution in [1.29, 1.82) is 0 Å². The first kappa shape index (κ1) is 23.4. The molecule has 2 atom stereocenters. The Labute approximate surface area is 200 Å². The van der Waals surface area contributed by atoms with E-state index in [1.54, 1.807) is 11.4 Å². The van der Waals surface area contributed by atoms with Crippen molar-refractivity contribution in [3.05, 3.63) is 30.2 Å². The number of hydrogen-bond acceptors (Lipinski definition) is 8. The topological polar surface area (TPSA) is 106 Å². The van der Waals surface area contributed by atoms with Crippen LogP contribution in [0.5, 0.6) is 5.75 Å². The van der Waals surface area contributed by atoms with Gasteiger partial charge in [-0.3, -0.25) is 9.69 Å². The minimum Gasteiger partial charge on any atom is -0.497 e. The fourth-order valence-corrected chi connectivity index (χ4v) is 8.25. The first-order chi connectivity index (χ1) is 16.1. The third kappa shape index (κ3) is 3.85. The highest BCUT2D eigenvalue weighted by Crippen LogP contribution is 2.64. The number of methoxy groups -OCH3 is 1. The van der Waals surface area contributed by atoms with Crippen molar-refractivity contribution < 1.29 is 22.5 Å². The third-order valence-electron chi connectivity index (χ3n) is 8.47. The molecule has 3 fully saturated rings. The van der Waals surface area contributed by atoms with Crippen LogP contribution >= 0.6 is 0 Å². The number of aromatic nitrogens is 2. The van der Waals surface area contributed by atoms with Crippen LogP contribution in [0.4, 0.5) is 0 Å². The van der Waals surface area contributed by atoms with Gasteiger partial charge >= 0.3 is 0 Å². The number of benzene rings is 1. The summed E-state index contributed by atoms with van der Waals surface area (Å²) >= 11 is 0. The maximum atomic E-state index is 13.3. The highest BCUT2D eigenvalue weighted by molar-refractivity contribution is 7.89. The van der Waals surface area contributed by atoms with Crippen molar-refractivity contribution in [2.24, 2.45) is 16.7 Å². The first-order valence-electron chi connectivity index (χ1n) is 11.9. The molecule has 2 saturated carbocycles. The fourth-order valence-electron chi connectivity index (χ4n) is 6.04. The number of fused-ring (bicyclic) bond motifs is 2. The molecule has 9 nitrogen and oxygen atoms in total. The van der Waals surface area contributed by atoms with Gasteiger partial charge in [-0.05, 0) is 48.4 Å².